The highest BCUT2D eigenvalue weighted by atomic mass is 16.5. The quantitative estimate of drug-likeness (QED) is 0.888. The minimum absolute atomic E-state index is 0.381. The van der Waals surface area contributed by atoms with Crippen molar-refractivity contribution in [3.05, 3.63) is 23.3 Å². The van der Waals surface area contributed by atoms with Gasteiger partial charge in [-0.1, -0.05) is 25.5 Å². The van der Waals surface area contributed by atoms with Gasteiger partial charge in [-0.2, -0.15) is 0 Å². The first-order valence-corrected chi connectivity index (χ1v) is 7.40. The summed E-state index contributed by atoms with van der Waals surface area (Å²) in [7, 11) is 2.18. The zero-order valence-electron chi connectivity index (χ0n) is 11.9. The summed E-state index contributed by atoms with van der Waals surface area (Å²) in [6.45, 7) is 3.99. The molecule has 3 nitrogen and oxygen atoms in total. The van der Waals surface area contributed by atoms with Crippen LogP contribution in [0.1, 0.15) is 43.2 Å². The first kappa shape index (κ1) is 12.8. The molecule has 104 valence electrons. The lowest BCUT2D eigenvalue weighted by atomic mass is 9.81. The number of aromatic hydroxyl groups is 1. The van der Waals surface area contributed by atoms with Gasteiger partial charge in [-0.05, 0) is 38.4 Å². The van der Waals surface area contributed by atoms with Crippen LogP contribution in [0.25, 0.3) is 0 Å². The summed E-state index contributed by atoms with van der Waals surface area (Å²) in [5.74, 6) is 1.65. The van der Waals surface area contributed by atoms with E-state index in [9.17, 15) is 5.11 Å². The molecule has 0 aromatic heterocycles. The van der Waals surface area contributed by atoms with Crippen molar-refractivity contribution in [2.24, 2.45) is 0 Å². The van der Waals surface area contributed by atoms with Crippen LogP contribution in [-0.2, 0) is 6.42 Å². The van der Waals surface area contributed by atoms with Crippen LogP contribution in [0.15, 0.2) is 12.1 Å². The second-order valence-corrected chi connectivity index (χ2v) is 5.85. The molecular formula is C16H23NO2. The number of likely N-dealkylation sites (tertiary alicyclic amines) is 1. The van der Waals surface area contributed by atoms with Crippen molar-refractivity contribution in [1.29, 1.82) is 0 Å². The van der Waals surface area contributed by atoms with Gasteiger partial charge in [0.2, 0.25) is 0 Å². The third-order valence-electron chi connectivity index (χ3n) is 4.62. The van der Waals surface area contributed by atoms with E-state index in [1.807, 2.05) is 0 Å². The topological polar surface area (TPSA) is 32.7 Å². The zero-order valence-corrected chi connectivity index (χ0v) is 11.9. The highest BCUT2D eigenvalue weighted by Gasteiger charge is 2.37. The van der Waals surface area contributed by atoms with E-state index in [2.05, 4.69) is 31.0 Å². The van der Waals surface area contributed by atoms with Crippen molar-refractivity contribution in [3.63, 3.8) is 0 Å². The first-order valence-electron chi connectivity index (χ1n) is 7.40. The van der Waals surface area contributed by atoms with E-state index >= 15 is 0 Å². The predicted molar refractivity (Wildman–Crippen MR) is 76.0 cm³/mol. The summed E-state index contributed by atoms with van der Waals surface area (Å²) in [6, 6.07) is 4.73. The fourth-order valence-corrected chi connectivity index (χ4v) is 3.54. The van der Waals surface area contributed by atoms with E-state index in [-0.39, 0.29) is 0 Å². The lowest BCUT2D eigenvalue weighted by Crippen LogP contribution is -2.47. The largest absolute Gasteiger partial charge is 0.504 e. The van der Waals surface area contributed by atoms with Crippen LogP contribution in [0, 0.1) is 0 Å². The average Bonchev–Trinajstić information content (AvgIpc) is 2.42. The van der Waals surface area contributed by atoms with Gasteiger partial charge in [-0.15, -0.1) is 0 Å². The lowest BCUT2D eigenvalue weighted by molar-refractivity contribution is 0.0847. The summed E-state index contributed by atoms with van der Waals surface area (Å²) in [5.41, 5.74) is 2.23. The molecular weight excluding hydrogens is 238 g/mol. The maximum atomic E-state index is 10.4. The molecule has 1 saturated heterocycles. The van der Waals surface area contributed by atoms with Crippen molar-refractivity contribution < 1.29 is 9.84 Å². The van der Waals surface area contributed by atoms with Crippen LogP contribution in [0.4, 0.5) is 0 Å². The van der Waals surface area contributed by atoms with Gasteiger partial charge in [-0.3, -0.25) is 4.90 Å². The van der Waals surface area contributed by atoms with Crippen molar-refractivity contribution in [3.8, 4) is 11.5 Å². The summed E-state index contributed by atoms with van der Waals surface area (Å²) < 4.78 is 5.89. The van der Waals surface area contributed by atoms with Gasteiger partial charge in [0.15, 0.2) is 11.5 Å². The third kappa shape index (κ3) is 2.10. The molecule has 0 aliphatic carbocycles. The van der Waals surface area contributed by atoms with Crippen LogP contribution in [0.5, 0.6) is 11.5 Å². The highest BCUT2D eigenvalue weighted by molar-refractivity contribution is 5.54. The smallest absolute Gasteiger partial charge is 0.164 e. The zero-order chi connectivity index (χ0) is 13.4. The van der Waals surface area contributed by atoms with Crippen LogP contribution in [-0.4, -0.2) is 36.2 Å². The molecule has 1 fully saturated rings. The summed E-state index contributed by atoms with van der Waals surface area (Å²) in [6.07, 6.45) is 4.39. The Labute approximate surface area is 115 Å². The van der Waals surface area contributed by atoms with E-state index in [0.717, 1.165) is 30.7 Å². The second-order valence-electron chi connectivity index (χ2n) is 5.85. The third-order valence-corrected chi connectivity index (χ3v) is 4.62. The van der Waals surface area contributed by atoms with Gasteiger partial charge >= 0.3 is 0 Å². The van der Waals surface area contributed by atoms with Crippen molar-refractivity contribution >= 4 is 0 Å². The molecule has 1 aromatic carbocycles. The normalized spacial score (nSPS) is 26.4. The van der Waals surface area contributed by atoms with Gasteiger partial charge in [0.25, 0.3) is 0 Å². The molecule has 1 aromatic rings. The number of likely N-dealkylation sites (N-methyl/N-ethyl adjacent to an activating group) is 1. The number of nitrogens with zero attached hydrogens (tertiary/aromatic N) is 1. The second kappa shape index (κ2) is 5.04. The summed E-state index contributed by atoms with van der Waals surface area (Å²) in [4.78, 5) is 2.40. The molecule has 2 heterocycles. The molecule has 2 aliphatic heterocycles. The molecule has 19 heavy (non-hydrogen) atoms. The summed E-state index contributed by atoms with van der Waals surface area (Å²) >= 11 is 0. The van der Waals surface area contributed by atoms with Crippen LogP contribution in [0.2, 0.25) is 0 Å². The van der Waals surface area contributed by atoms with Gasteiger partial charge < -0.3 is 9.84 Å². The van der Waals surface area contributed by atoms with E-state index in [0.29, 0.717) is 24.3 Å². The van der Waals surface area contributed by atoms with Crippen molar-refractivity contribution in [2.45, 2.75) is 44.6 Å². The Morgan fingerprint density at radius 1 is 1.42 bits per heavy atom. The molecule has 3 heteroatoms. The Balaban J connectivity index is 1.98. The number of benzene rings is 1. The van der Waals surface area contributed by atoms with Crippen LogP contribution >= 0.6 is 0 Å². The number of hydrogen-bond acceptors (Lipinski definition) is 3. The molecule has 0 amide bonds. The Kier molecular flexibility index (Phi) is 3.40. The fourth-order valence-electron chi connectivity index (χ4n) is 3.54. The average molecular weight is 261 g/mol. The Morgan fingerprint density at radius 2 is 2.26 bits per heavy atom. The molecule has 2 aliphatic rings. The Hall–Kier alpha value is -1.22. The van der Waals surface area contributed by atoms with Crippen LogP contribution < -0.4 is 4.74 Å². The number of phenols is 1. The molecule has 0 saturated carbocycles. The van der Waals surface area contributed by atoms with Gasteiger partial charge in [-0.25, -0.2) is 0 Å². The molecule has 1 N–H and O–H groups in total. The monoisotopic (exact) mass is 261 g/mol. The molecule has 0 unspecified atom stereocenters. The van der Waals surface area contributed by atoms with Crippen molar-refractivity contribution in [1.82, 2.24) is 4.90 Å². The lowest BCUT2D eigenvalue weighted by Gasteiger charge is -2.43. The number of piperidine rings is 1. The predicted octanol–water partition coefficient (Wildman–Crippen LogP) is 2.91. The SMILES string of the molecule is CCCc1ccc2c(c1O)OC[C@@H]1[C@@H]2CCCN1C. The number of ether oxygens (including phenoxy) is 1. The molecule has 0 bridgehead atoms. The number of aryl methyl sites for hydroxylation is 1. The van der Waals surface area contributed by atoms with E-state index < -0.39 is 0 Å². The fraction of sp³-hybridized carbons (Fsp3) is 0.625. The number of fused-ring (bicyclic) bond motifs is 3. The van der Waals surface area contributed by atoms with Gasteiger partial charge in [0.05, 0.1) is 6.04 Å². The van der Waals surface area contributed by atoms with Gasteiger partial charge in [0.1, 0.15) is 6.61 Å². The number of rotatable bonds is 2. The minimum atomic E-state index is 0.381. The minimum Gasteiger partial charge on any atom is -0.504 e. The number of phenolic OH excluding ortho intramolecular Hbond substituents is 1. The molecule has 0 spiro atoms. The molecule has 2 atom stereocenters. The highest BCUT2D eigenvalue weighted by Crippen LogP contribution is 2.46. The maximum absolute atomic E-state index is 10.4. The van der Waals surface area contributed by atoms with E-state index in [4.69, 9.17) is 4.74 Å². The van der Waals surface area contributed by atoms with Crippen LogP contribution in [0.3, 0.4) is 0 Å². The standard InChI is InChI=1S/C16H23NO2/c1-3-5-11-7-8-13-12-6-4-9-17(2)14(12)10-19-16(13)15(11)18/h7-8,12,14,18H,3-6,9-10H2,1-2H3/t12-,14-/m1/s1. The van der Waals surface area contributed by atoms with Gasteiger partial charge in [0, 0.05) is 11.5 Å². The summed E-state index contributed by atoms with van der Waals surface area (Å²) in [5, 5.41) is 10.4. The number of hydrogen-bond donors (Lipinski definition) is 1. The molecule has 0 radical (unpaired) electrons. The van der Waals surface area contributed by atoms with E-state index in [1.54, 1.807) is 0 Å². The molecule has 3 rings (SSSR count). The van der Waals surface area contributed by atoms with Crippen molar-refractivity contribution in [2.75, 3.05) is 20.2 Å². The van der Waals surface area contributed by atoms with E-state index in [1.165, 1.54) is 18.4 Å². The Bertz CT molecular complexity index is 472. The Morgan fingerprint density at radius 3 is 3.05 bits per heavy atom. The maximum Gasteiger partial charge on any atom is 0.164 e. The first-order chi connectivity index (χ1) is 9.22.